The van der Waals surface area contributed by atoms with Crippen LogP contribution < -0.4 is 5.32 Å². The molecule has 0 fully saturated rings. The minimum Gasteiger partial charge on any atom is -0.504 e. The third-order valence-electron chi connectivity index (χ3n) is 2.60. The molecule has 2 aromatic carbocycles. The monoisotopic (exact) mass is 269 g/mol. The molecule has 2 rings (SSSR count). The molecular weight excluding hydrogens is 259 g/mol. The quantitative estimate of drug-likeness (QED) is 0.592. The number of para-hydroxylation sites is 1. The third kappa shape index (κ3) is 2.57. The second kappa shape index (κ2) is 5.09. The Hall–Kier alpha value is -2.37. The molecule has 0 saturated heterocycles. The average molecular weight is 269 g/mol. The Morgan fingerprint density at radius 1 is 0.947 bits per heavy atom. The summed E-state index contributed by atoms with van der Waals surface area (Å²) in [6.07, 6.45) is 0. The zero-order valence-corrected chi connectivity index (χ0v) is 9.62. The molecule has 0 unspecified atom stereocenters. The van der Waals surface area contributed by atoms with E-state index in [1.165, 1.54) is 18.2 Å². The lowest BCUT2D eigenvalue weighted by Gasteiger charge is -2.10. The molecule has 0 saturated carbocycles. The van der Waals surface area contributed by atoms with Gasteiger partial charge in [-0.05, 0) is 18.2 Å². The van der Waals surface area contributed by atoms with Crippen LogP contribution in [0.3, 0.4) is 0 Å². The van der Waals surface area contributed by atoms with Gasteiger partial charge in [-0.1, -0.05) is 12.1 Å². The number of rotatable bonds is 3. The smallest absolute Gasteiger partial charge is 0.196 e. The molecule has 0 atom stereocenters. The maximum absolute atomic E-state index is 13.4. The minimum absolute atomic E-state index is 0.0533. The Balaban J connectivity index is 2.20. The van der Waals surface area contributed by atoms with Crippen molar-refractivity contribution in [3.05, 3.63) is 53.3 Å². The van der Waals surface area contributed by atoms with Crippen molar-refractivity contribution in [1.29, 1.82) is 0 Å². The van der Waals surface area contributed by atoms with Gasteiger partial charge in [-0.3, -0.25) is 0 Å². The summed E-state index contributed by atoms with van der Waals surface area (Å²) in [5.74, 6) is -4.84. The van der Waals surface area contributed by atoms with E-state index in [0.717, 1.165) is 12.1 Å². The first-order valence-electron chi connectivity index (χ1n) is 5.38. The molecule has 3 N–H and O–H groups in total. The number of hydrogen-bond acceptors (Lipinski definition) is 3. The second-order valence-electron chi connectivity index (χ2n) is 3.86. The van der Waals surface area contributed by atoms with Gasteiger partial charge in [0, 0.05) is 12.1 Å². The van der Waals surface area contributed by atoms with Crippen molar-refractivity contribution < 1.29 is 23.4 Å². The highest BCUT2D eigenvalue weighted by molar-refractivity contribution is 5.49. The summed E-state index contributed by atoms with van der Waals surface area (Å²) in [4.78, 5) is 0. The van der Waals surface area contributed by atoms with Gasteiger partial charge < -0.3 is 15.5 Å². The predicted octanol–water partition coefficient (Wildman–Crippen LogP) is 3.13. The van der Waals surface area contributed by atoms with Crippen molar-refractivity contribution >= 4 is 5.69 Å². The normalized spacial score (nSPS) is 10.5. The van der Waals surface area contributed by atoms with E-state index in [9.17, 15) is 23.4 Å². The van der Waals surface area contributed by atoms with Crippen LogP contribution in [0.5, 0.6) is 11.5 Å². The van der Waals surface area contributed by atoms with Crippen LogP contribution in [0.4, 0.5) is 18.9 Å². The average Bonchev–Trinajstić information content (AvgIpc) is 2.40. The zero-order valence-electron chi connectivity index (χ0n) is 9.62. The first-order valence-corrected chi connectivity index (χ1v) is 5.38. The number of anilines is 1. The highest BCUT2D eigenvalue weighted by Gasteiger charge is 2.13. The zero-order chi connectivity index (χ0) is 14.0. The first-order chi connectivity index (χ1) is 9.00. The second-order valence-corrected chi connectivity index (χ2v) is 3.86. The van der Waals surface area contributed by atoms with Crippen molar-refractivity contribution in [1.82, 2.24) is 0 Å². The van der Waals surface area contributed by atoms with E-state index in [-0.39, 0.29) is 23.7 Å². The molecule has 0 aliphatic rings. The SMILES string of the molecule is Oc1cccc(CNc2ccc(F)c(F)c2F)c1O. The fourth-order valence-corrected chi connectivity index (χ4v) is 1.57. The molecule has 0 spiro atoms. The number of nitrogens with one attached hydrogen (secondary N) is 1. The minimum atomic E-state index is -1.56. The van der Waals surface area contributed by atoms with Gasteiger partial charge in [0.15, 0.2) is 29.0 Å². The fraction of sp³-hybridized carbons (Fsp3) is 0.0769. The topological polar surface area (TPSA) is 52.5 Å². The molecular formula is C13H10F3NO2. The Bertz CT molecular complexity index is 617. The summed E-state index contributed by atoms with van der Waals surface area (Å²) < 4.78 is 39.1. The molecule has 100 valence electrons. The van der Waals surface area contributed by atoms with E-state index in [0.29, 0.717) is 5.56 Å². The maximum atomic E-state index is 13.4. The standard InChI is InChI=1S/C13H10F3NO2/c14-8-4-5-9(12(16)11(8)15)17-6-7-2-1-3-10(18)13(7)19/h1-5,17-19H,6H2. The summed E-state index contributed by atoms with van der Waals surface area (Å²) >= 11 is 0. The fourth-order valence-electron chi connectivity index (χ4n) is 1.57. The van der Waals surface area contributed by atoms with Crippen LogP contribution in [0.2, 0.25) is 0 Å². The van der Waals surface area contributed by atoms with Crippen molar-refractivity contribution in [2.24, 2.45) is 0 Å². The van der Waals surface area contributed by atoms with Crippen LogP contribution in [0, 0.1) is 17.5 Å². The lowest BCUT2D eigenvalue weighted by molar-refractivity contribution is 0.400. The molecule has 19 heavy (non-hydrogen) atoms. The molecule has 0 radical (unpaired) electrons. The number of benzene rings is 2. The number of hydrogen-bond donors (Lipinski definition) is 3. The molecule has 6 heteroatoms. The molecule has 0 bridgehead atoms. The Labute approximate surface area is 106 Å². The molecule has 2 aromatic rings. The van der Waals surface area contributed by atoms with E-state index in [4.69, 9.17) is 0 Å². The highest BCUT2D eigenvalue weighted by atomic mass is 19.2. The number of halogens is 3. The highest BCUT2D eigenvalue weighted by Crippen LogP contribution is 2.29. The van der Waals surface area contributed by atoms with Crippen LogP contribution in [-0.4, -0.2) is 10.2 Å². The van der Waals surface area contributed by atoms with Gasteiger partial charge >= 0.3 is 0 Å². The van der Waals surface area contributed by atoms with Crippen LogP contribution in [0.25, 0.3) is 0 Å². The van der Waals surface area contributed by atoms with Crippen molar-refractivity contribution in [3.8, 4) is 11.5 Å². The van der Waals surface area contributed by atoms with Crippen molar-refractivity contribution in [3.63, 3.8) is 0 Å². The van der Waals surface area contributed by atoms with Gasteiger partial charge in [0.1, 0.15) is 0 Å². The van der Waals surface area contributed by atoms with Crippen molar-refractivity contribution in [2.45, 2.75) is 6.54 Å². The van der Waals surface area contributed by atoms with E-state index >= 15 is 0 Å². The summed E-state index contributed by atoms with van der Waals surface area (Å²) in [6, 6.07) is 6.13. The van der Waals surface area contributed by atoms with Crippen LogP contribution in [-0.2, 0) is 6.54 Å². The van der Waals surface area contributed by atoms with Crippen molar-refractivity contribution in [2.75, 3.05) is 5.32 Å². The molecule has 0 aliphatic carbocycles. The summed E-state index contributed by atoms with van der Waals surface area (Å²) in [5.41, 5.74) is 0.0609. The number of phenolic OH excluding ortho intramolecular Hbond substituents is 2. The summed E-state index contributed by atoms with van der Waals surface area (Å²) in [7, 11) is 0. The van der Waals surface area contributed by atoms with Crippen LogP contribution >= 0.6 is 0 Å². The third-order valence-corrected chi connectivity index (χ3v) is 2.60. The van der Waals surface area contributed by atoms with E-state index in [1.807, 2.05) is 0 Å². The molecule has 0 aromatic heterocycles. The number of phenols is 2. The Morgan fingerprint density at radius 3 is 2.42 bits per heavy atom. The first kappa shape index (κ1) is 13.1. The lowest BCUT2D eigenvalue weighted by Crippen LogP contribution is -2.04. The Morgan fingerprint density at radius 2 is 1.68 bits per heavy atom. The molecule has 0 amide bonds. The molecule has 0 aliphatic heterocycles. The van der Waals surface area contributed by atoms with E-state index < -0.39 is 17.5 Å². The van der Waals surface area contributed by atoms with Gasteiger partial charge in [0.25, 0.3) is 0 Å². The summed E-state index contributed by atoms with van der Waals surface area (Å²) in [5, 5.41) is 21.3. The van der Waals surface area contributed by atoms with Crippen LogP contribution in [0.1, 0.15) is 5.56 Å². The number of aromatic hydroxyl groups is 2. The van der Waals surface area contributed by atoms with Gasteiger partial charge in [-0.25, -0.2) is 13.2 Å². The lowest BCUT2D eigenvalue weighted by atomic mass is 10.2. The maximum Gasteiger partial charge on any atom is 0.196 e. The van der Waals surface area contributed by atoms with Gasteiger partial charge in [-0.15, -0.1) is 0 Å². The largest absolute Gasteiger partial charge is 0.504 e. The van der Waals surface area contributed by atoms with E-state index in [1.54, 1.807) is 0 Å². The van der Waals surface area contributed by atoms with Crippen LogP contribution in [0.15, 0.2) is 30.3 Å². The Kier molecular flexibility index (Phi) is 3.50. The summed E-state index contributed by atoms with van der Waals surface area (Å²) in [6.45, 7) is -0.0533. The van der Waals surface area contributed by atoms with Gasteiger partial charge in [-0.2, -0.15) is 0 Å². The predicted molar refractivity (Wildman–Crippen MR) is 63.4 cm³/mol. The van der Waals surface area contributed by atoms with Gasteiger partial charge in [0.2, 0.25) is 0 Å². The van der Waals surface area contributed by atoms with Gasteiger partial charge in [0.05, 0.1) is 5.69 Å². The molecule has 3 nitrogen and oxygen atoms in total. The molecule has 0 heterocycles. The van der Waals surface area contributed by atoms with E-state index in [2.05, 4.69) is 5.32 Å².